The highest BCUT2D eigenvalue weighted by molar-refractivity contribution is 5.94. The summed E-state index contributed by atoms with van der Waals surface area (Å²) in [4.78, 5) is 34.7. The van der Waals surface area contributed by atoms with E-state index in [0.29, 0.717) is 5.56 Å². The molecular weight excluding hydrogens is 333 g/mol. The number of ether oxygens (including phenoxy) is 1. The fraction of sp³-hybridized carbons (Fsp3) is 0.0588. The summed E-state index contributed by atoms with van der Waals surface area (Å²) in [6, 6.07) is 7.02. The van der Waals surface area contributed by atoms with Crippen LogP contribution in [0.4, 0.5) is 10.1 Å². The second-order valence-corrected chi connectivity index (χ2v) is 5.22. The van der Waals surface area contributed by atoms with E-state index in [1.54, 1.807) is 0 Å². The maximum Gasteiger partial charge on any atom is 0.350 e. The van der Waals surface area contributed by atoms with Gasteiger partial charge in [0, 0.05) is 18.2 Å². The standard InChI is InChI=1S/C17H10FNO6/c1-9-6-11(19(22)23)3-5-14(9)25-17(21)13-8-24-15-7-10(18)2-4-12(15)16(13)20/h2-8H,1H3. The SMILES string of the molecule is Cc1cc([N+](=O)[O-])ccc1OC(=O)c1coc2cc(F)ccc2c1=O. The number of carbonyl (C=O) groups is 1. The number of halogens is 1. The van der Waals surface area contributed by atoms with Crippen LogP contribution in [-0.4, -0.2) is 10.9 Å². The fourth-order valence-corrected chi connectivity index (χ4v) is 2.26. The summed E-state index contributed by atoms with van der Waals surface area (Å²) in [5.74, 6) is -1.47. The van der Waals surface area contributed by atoms with Gasteiger partial charge in [0.15, 0.2) is 0 Å². The Kier molecular flexibility index (Phi) is 4.02. The van der Waals surface area contributed by atoms with Crippen LogP contribution in [0.1, 0.15) is 15.9 Å². The van der Waals surface area contributed by atoms with E-state index in [1.807, 2.05) is 0 Å². The van der Waals surface area contributed by atoms with Gasteiger partial charge in [-0.05, 0) is 30.7 Å². The molecule has 0 aliphatic rings. The second kappa shape index (κ2) is 6.16. The molecule has 25 heavy (non-hydrogen) atoms. The minimum absolute atomic E-state index is 0.00747. The van der Waals surface area contributed by atoms with Crippen molar-refractivity contribution in [1.29, 1.82) is 0 Å². The maximum atomic E-state index is 13.1. The zero-order valence-electron chi connectivity index (χ0n) is 12.8. The molecule has 2 aromatic carbocycles. The molecule has 3 rings (SSSR count). The van der Waals surface area contributed by atoms with E-state index < -0.39 is 22.1 Å². The summed E-state index contributed by atoms with van der Waals surface area (Å²) < 4.78 is 23.4. The van der Waals surface area contributed by atoms with Gasteiger partial charge in [-0.1, -0.05) is 0 Å². The molecule has 1 aromatic heterocycles. The van der Waals surface area contributed by atoms with Crippen molar-refractivity contribution in [3.05, 3.63) is 79.9 Å². The van der Waals surface area contributed by atoms with Gasteiger partial charge in [0.25, 0.3) is 5.69 Å². The van der Waals surface area contributed by atoms with Gasteiger partial charge in [0.2, 0.25) is 5.43 Å². The average molecular weight is 343 g/mol. The van der Waals surface area contributed by atoms with E-state index in [1.165, 1.54) is 31.2 Å². The molecule has 1 heterocycles. The number of nitro groups is 1. The Bertz CT molecular complexity index is 1070. The van der Waals surface area contributed by atoms with Crippen molar-refractivity contribution in [2.24, 2.45) is 0 Å². The fourth-order valence-electron chi connectivity index (χ4n) is 2.26. The normalized spacial score (nSPS) is 10.6. The van der Waals surface area contributed by atoms with Crippen LogP contribution in [0.3, 0.4) is 0 Å². The summed E-state index contributed by atoms with van der Waals surface area (Å²) in [6.45, 7) is 1.53. The highest BCUT2D eigenvalue weighted by Crippen LogP contribution is 2.24. The first kappa shape index (κ1) is 16.3. The van der Waals surface area contributed by atoms with Gasteiger partial charge in [0.05, 0.1) is 10.3 Å². The van der Waals surface area contributed by atoms with Crippen molar-refractivity contribution in [3.8, 4) is 5.75 Å². The van der Waals surface area contributed by atoms with E-state index in [2.05, 4.69) is 0 Å². The van der Waals surface area contributed by atoms with Crippen LogP contribution >= 0.6 is 0 Å². The van der Waals surface area contributed by atoms with Crippen LogP contribution in [0.5, 0.6) is 5.75 Å². The summed E-state index contributed by atoms with van der Waals surface area (Å²) in [7, 11) is 0. The van der Waals surface area contributed by atoms with Gasteiger partial charge in [-0.2, -0.15) is 0 Å². The lowest BCUT2D eigenvalue weighted by molar-refractivity contribution is -0.384. The summed E-state index contributed by atoms with van der Waals surface area (Å²) in [5, 5.41) is 10.8. The summed E-state index contributed by atoms with van der Waals surface area (Å²) >= 11 is 0. The maximum absolute atomic E-state index is 13.1. The number of carbonyl (C=O) groups excluding carboxylic acids is 1. The van der Waals surface area contributed by atoms with Crippen LogP contribution in [0.2, 0.25) is 0 Å². The smallest absolute Gasteiger partial charge is 0.350 e. The Labute approximate surface area is 139 Å². The Balaban J connectivity index is 1.95. The van der Waals surface area contributed by atoms with Gasteiger partial charge in [0.1, 0.15) is 29.0 Å². The lowest BCUT2D eigenvalue weighted by Crippen LogP contribution is -2.19. The molecule has 7 nitrogen and oxygen atoms in total. The minimum atomic E-state index is -0.975. The molecule has 0 bridgehead atoms. The number of fused-ring (bicyclic) bond motifs is 1. The zero-order valence-corrected chi connectivity index (χ0v) is 12.8. The number of hydrogen-bond donors (Lipinski definition) is 0. The molecule has 0 saturated carbocycles. The van der Waals surface area contributed by atoms with E-state index >= 15 is 0 Å². The van der Waals surface area contributed by atoms with Crippen molar-refractivity contribution < 1.29 is 23.3 Å². The van der Waals surface area contributed by atoms with Crippen molar-refractivity contribution in [3.63, 3.8) is 0 Å². The molecule has 126 valence electrons. The number of benzene rings is 2. The first-order valence-electron chi connectivity index (χ1n) is 7.05. The Morgan fingerprint density at radius 3 is 2.68 bits per heavy atom. The van der Waals surface area contributed by atoms with Crippen LogP contribution < -0.4 is 10.2 Å². The van der Waals surface area contributed by atoms with Crippen molar-refractivity contribution in [2.75, 3.05) is 0 Å². The number of rotatable bonds is 3. The van der Waals surface area contributed by atoms with E-state index in [9.17, 15) is 24.1 Å². The zero-order chi connectivity index (χ0) is 18.1. The lowest BCUT2D eigenvalue weighted by atomic mass is 10.1. The van der Waals surface area contributed by atoms with E-state index in [4.69, 9.17) is 9.15 Å². The number of hydrogen-bond acceptors (Lipinski definition) is 6. The molecule has 0 aliphatic heterocycles. The molecule has 8 heteroatoms. The third kappa shape index (κ3) is 3.09. The van der Waals surface area contributed by atoms with Crippen LogP contribution in [0, 0.1) is 22.9 Å². The van der Waals surface area contributed by atoms with Crippen molar-refractivity contribution >= 4 is 22.6 Å². The van der Waals surface area contributed by atoms with Gasteiger partial charge in [-0.15, -0.1) is 0 Å². The molecule has 3 aromatic rings. The first-order chi connectivity index (χ1) is 11.9. The Morgan fingerprint density at radius 2 is 2.00 bits per heavy atom. The predicted octanol–water partition coefficient (Wildman–Crippen LogP) is 3.37. The molecule has 0 spiro atoms. The minimum Gasteiger partial charge on any atom is -0.463 e. The predicted molar refractivity (Wildman–Crippen MR) is 85.2 cm³/mol. The third-order valence-corrected chi connectivity index (χ3v) is 3.53. The number of non-ortho nitro benzene ring substituents is 1. The van der Waals surface area contributed by atoms with Crippen molar-refractivity contribution in [2.45, 2.75) is 6.92 Å². The highest BCUT2D eigenvalue weighted by Gasteiger charge is 2.18. The Morgan fingerprint density at radius 1 is 1.24 bits per heavy atom. The number of aryl methyl sites for hydroxylation is 1. The van der Waals surface area contributed by atoms with Gasteiger partial charge in [-0.25, -0.2) is 9.18 Å². The molecule has 0 fully saturated rings. The van der Waals surface area contributed by atoms with Crippen molar-refractivity contribution in [1.82, 2.24) is 0 Å². The second-order valence-electron chi connectivity index (χ2n) is 5.22. The number of nitro benzene ring substituents is 1. The first-order valence-corrected chi connectivity index (χ1v) is 7.05. The molecule has 0 amide bonds. The monoisotopic (exact) mass is 343 g/mol. The van der Waals surface area contributed by atoms with Crippen LogP contribution in [0.25, 0.3) is 11.0 Å². The van der Waals surface area contributed by atoms with Crippen LogP contribution in [-0.2, 0) is 0 Å². The van der Waals surface area contributed by atoms with Gasteiger partial charge < -0.3 is 9.15 Å². The molecule has 0 saturated heterocycles. The number of nitrogens with zero attached hydrogens (tertiary/aromatic N) is 1. The van der Waals surface area contributed by atoms with E-state index in [0.717, 1.165) is 18.4 Å². The molecule has 0 radical (unpaired) electrons. The molecule has 0 aliphatic carbocycles. The average Bonchev–Trinajstić information content (AvgIpc) is 2.56. The van der Waals surface area contributed by atoms with Crippen LogP contribution in [0.15, 0.2) is 51.9 Å². The number of esters is 1. The summed E-state index contributed by atoms with van der Waals surface area (Å²) in [5.41, 5.74) is -0.810. The topological polar surface area (TPSA) is 99.7 Å². The lowest BCUT2D eigenvalue weighted by Gasteiger charge is -2.07. The largest absolute Gasteiger partial charge is 0.463 e. The molecule has 0 atom stereocenters. The molecular formula is C17H10FNO6. The highest BCUT2D eigenvalue weighted by atomic mass is 19.1. The summed E-state index contributed by atoms with van der Waals surface area (Å²) in [6.07, 6.45) is 0.896. The molecule has 0 N–H and O–H groups in total. The molecule has 0 unspecified atom stereocenters. The van der Waals surface area contributed by atoms with Gasteiger partial charge in [-0.3, -0.25) is 14.9 Å². The van der Waals surface area contributed by atoms with E-state index in [-0.39, 0.29) is 28.0 Å². The van der Waals surface area contributed by atoms with Gasteiger partial charge >= 0.3 is 5.97 Å². The Hall–Kier alpha value is -3.55. The third-order valence-electron chi connectivity index (χ3n) is 3.53. The quantitative estimate of drug-likeness (QED) is 0.313.